The van der Waals surface area contributed by atoms with E-state index < -0.39 is 42.5 Å². The monoisotopic (exact) mass is 386 g/mol. The van der Waals surface area contributed by atoms with Crippen LogP contribution in [0, 0.1) is 0 Å². The smallest absolute Gasteiger partial charge is 0.390 e. The molecule has 1 aromatic rings. The Labute approximate surface area is 125 Å². The number of rotatable bonds is 4. The molecule has 2 rings (SSSR count). The molecule has 10 nitrogen and oxygen atoms in total. The topological polar surface area (TPSA) is 151 Å². The number of H-pyrrole nitrogens is 1. The van der Waals surface area contributed by atoms with Crippen LogP contribution in [0.4, 0.5) is 0 Å². The number of halogens is 1. The van der Waals surface area contributed by atoms with Crippen LogP contribution >= 0.6 is 23.8 Å². The lowest BCUT2D eigenvalue weighted by Crippen LogP contribution is -2.40. The first-order valence-corrected chi connectivity index (χ1v) is 8.00. The van der Waals surface area contributed by atoms with Gasteiger partial charge in [-0.2, -0.15) is 0 Å². The minimum atomic E-state index is -4.70. The van der Waals surface area contributed by atoms with Crippen molar-refractivity contribution in [3.05, 3.63) is 33.1 Å². The Hall–Kier alpha value is -0.810. The number of nitrogens with zero attached hydrogens (tertiary/aromatic N) is 1. The van der Waals surface area contributed by atoms with Crippen LogP contribution in [0.5, 0.6) is 0 Å². The Morgan fingerprint density at radius 1 is 1.57 bits per heavy atom. The quantitative estimate of drug-likeness (QED) is 0.372. The summed E-state index contributed by atoms with van der Waals surface area (Å²) in [5, 5.41) is 9.85. The fourth-order valence-corrected chi connectivity index (χ4v) is 3.09. The predicted octanol–water partition coefficient (Wildman–Crippen LogP) is -1.20. The van der Waals surface area contributed by atoms with Crippen LogP contribution in [0.2, 0.25) is 0 Å². The van der Waals surface area contributed by atoms with Crippen molar-refractivity contribution in [2.45, 2.75) is 23.3 Å². The summed E-state index contributed by atoms with van der Waals surface area (Å²) in [5.74, 6) is 0. The lowest BCUT2D eigenvalue weighted by atomic mass is 10.2. The van der Waals surface area contributed by atoms with Crippen molar-refractivity contribution in [3.8, 4) is 0 Å². The minimum Gasteiger partial charge on any atom is -0.390 e. The van der Waals surface area contributed by atoms with Gasteiger partial charge in [-0.05, 0) is 15.9 Å². The van der Waals surface area contributed by atoms with Gasteiger partial charge < -0.3 is 19.6 Å². The fraction of sp³-hybridized carbons (Fsp3) is 0.556. The third-order valence-corrected chi connectivity index (χ3v) is 4.19. The van der Waals surface area contributed by atoms with Crippen LogP contribution in [-0.4, -0.2) is 43.3 Å². The molecule has 0 aromatic carbocycles. The second-order valence-corrected chi connectivity index (χ2v) is 6.86. The van der Waals surface area contributed by atoms with Crippen LogP contribution in [-0.2, 0) is 18.5 Å². The summed E-state index contributed by atoms with van der Waals surface area (Å²) in [4.78, 5) is 42.0. The van der Waals surface area contributed by atoms with Gasteiger partial charge in [0, 0.05) is 18.7 Å². The second-order valence-electron chi connectivity index (χ2n) is 4.38. The van der Waals surface area contributed by atoms with Crippen molar-refractivity contribution in [3.63, 3.8) is 0 Å². The number of aliphatic hydroxyl groups excluding tert-OH is 1. The maximum Gasteiger partial charge on any atom is 0.469 e. The van der Waals surface area contributed by atoms with Crippen molar-refractivity contribution in [1.29, 1.82) is 0 Å². The van der Waals surface area contributed by atoms with E-state index in [1.807, 2.05) is 4.98 Å². The predicted molar refractivity (Wildman–Crippen MR) is 71.7 cm³/mol. The number of alkyl halides is 1. The number of nitrogens with one attached hydrogen (secondary N) is 1. The molecule has 21 heavy (non-hydrogen) atoms. The summed E-state index contributed by atoms with van der Waals surface area (Å²) in [6, 6.07) is 1.10. The zero-order chi connectivity index (χ0) is 15.8. The molecule has 0 spiro atoms. The molecule has 0 saturated carbocycles. The van der Waals surface area contributed by atoms with Crippen molar-refractivity contribution in [1.82, 2.24) is 9.55 Å². The number of hydrogen-bond donors (Lipinski definition) is 4. The SMILES string of the molecule is O=c1ccn([C@@]2(Br)C[C@H](O)[C@@H](COP(=O)(O)O)O2)c(=O)[nH]1. The number of hydrogen-bond acceptors (Lipinski definition) is 6. The molecule has 1 aromatic heterocycles. The van der Waals surface area contributed by atoms with Crippen LogP contribution in [0.15, 0.2) is 21.9 Å². The average molecular weight is 387 g/mol. The molecule has 0 amide bonds. The van der Waals surface area contributed by atoms with E-state index in [0.717, 1.165) is 10.6 Å². The number of phosphoric ester groups is 1. The molecule has 1 saturated heterocycles. The molecule has 1 aliphatic rings. The maximum atomic E-state index is 11.7. The number of aliphatic hydroxyl groups is 1. The Balaban J connectivity index is 2.20. The van der Waals surface area contributed by atoms with Crippen molar-refractivity contribution in [2.24, 2.45) is 0 Å². The van der Waals surface area contributed by atoms with E-state index in [0.29, 0.717) is 0 Å². The van der Waals surface area contributed by atoms with Gasteiger partial charge in [0.2, 0.25) is 4.63 Å². The van der Waals surface area contributed by atoms with Gasteiger partial charge in [0.05, 0.1) is 12.7 Å². The van der Waals surface area contributed by atoms with Crippen LogP contribution < -0.4 is 11.2 Å². The summed E-state index contributed by atoms with van der Waals surface area (Å²) in [5.41, 5.74) is -1.35. The average Bonchev–Trinajstić information content (AvgIpc) is 2.61. The Morgan fingerprint density at radius 2 is 2.24 bits per heavy atom. The molecular formula is C9H12BrN2O8P. The summed E-state index contributed by atoms with van der Waals surface area (Å²) >= 11 is 3.14. The van der Waals surface area contributed by atoms with Gasteiger partial charge in [-0.3, -0.25) is 18.9 Å². The summed E-state index contributed by atoms with van der Waals surface area (Å²) < 4.78 is 19.9. The highest BCUT2D eigenvalue weighted by molar-refractivity contribution is 9.09. The third-order valence-electron chi connectivity index (χ3n) is 2.81. The molecule has 0 unspecified atom stereocenters. The molecule has 0 radical (unpaired) electrons. The van der Waals surface area contributed by atoms with Gasteiger partial charge in [-0.25, -0.2) is 9.36 Å². The standard InChI is InChI=1S/C9H12BrN2O8P/c10-9(12-2-1-7(14)11-8(12)15)3-5(13)6(20-9)4-19-21(16,17)18/h1-2,5-6,13H,3-4H2,(H,11,14,15)(H2,16,17,18)/t5-,6+,9-/m0/s1. The van der Waals surface area contributed by atoms with E-state index in [-0.39, 0.29) is 6.42 Å². The zero-order valence-electron chi connectivity index (χ0n) is 10.4. The minimum absolute atomic E-state index is 0.0892. The summed E-state index contributed by atoms with van der Waals surface area (Å²) in [6.45, 7) is -0.559. The van der Waals surface area contributed by atoms with E-state index >= 15 is 0 Å². The lowest BCUT2D eigenvalue weighted by molar-refractivity contribution is -0.0598. The van der Waals surface area contributed by atoms with E-state index in [9.17, 15) is 19.3 Å². The van der Waals surface area contributed by atoms with E-state index in [1.165, 1.54) is 6.20 Å². The molecule has 12 heteroatoms. The third kappa shape index (κ3) is 3.89. The number of phosphoric acid groups is 1. The van der Waals surface area contributed by atoms with E-state index in [2.05, 4.69) is 20.5 Å². The first-order valence-electron chi connectivity index (χ1n) is 5.68. The van der Waals surface area contributed by atoms with Crippen LogP contribution in [0.3, 0.4) is 0 Å². The number of ether oxygens (including phenoxy) is 1. The Morgan fingerprint density at radius 3 is 2.81 bits per heavy atom. The van der Waals surface area contributed by atoms with E-state index in [1.54, 1.807) is 0 Å². The van der Waals surface area contributed by atoms with Crippen molar-refractivity contribution < 1.29 is 28.7 Å². The van der Waals surface area contributed by atoms with Gasteiger partial charge in [-0.1, -0.05) is 0 Å². The molecule has 0 aliphatic carbocycles. The largest absolute Gasteiger partial charge is 0.469 e. The zero-order valence-corrected chi connectivity index (χ0v) is 12.9. The van der Waals surface area contributed by atoms with Gasteiger partial charge in [0.1, 0.15) is 6.10 Å². The summed E-state index contributed by atoms with van der Waals surface area (Å²) in [6.07, 6.45) is -1.10. The van der Waals surface area contributed by atoms with Crippen LogP contribution in [0.1, 0.15) is 6.42 Å². The summed E-state index contributed by atoms with van der Waals surface area (Å²) in [7, 11) is -4.70. The second kappa shape index (κ2) is 5.76. The van der Waals surface area contributed by atoms with Crippen molar-refractivity contribution in [2.75, 3.05) is 6.61 Å². The molecule has 2 heterocycles. The maximum absolute atomic E-state index is 11.7. The van der Waals surface area contributed by atoms with Gasteiger partial charge in [-0.15, -0.1) is 0 Å². The molecular weight excluding hydrogens is 375 g/mol. The Kier molecular flexibility index (Phi) is 4.54. The van der Waals surface area contributed by atoms with Crippen molar-refractivity contribution >= 4 is 23.8 Å². The first kappa shape index (κ1) is 16.6. The molecule has 3 atom stereocenters. The molecule has 0 bridgehead atoms. The molecule has 1 fully saturated rings. The van der Waals surface area contributed by atoms with Gasteiger partial charge in [0.15, 0.2) is 0 Å². The molecule has 1 aliphatic heterocycles. The highest BCUT2D eigenvalue weighted by Gasteiger charge is 2.47. The highest BCUT2D eigenvalue weighted by Crippen LogP contribution is 2.42. The fourth-order valence-electron chi connectivity index (χ4n) is 1.90. The highest BCUT2D eigenvalue weighted by atomic mass is 79.9. The molecule has 4 N–H and O–H groups in total. The first-order chi connectivity index (χ1) is 9.61. The van der Waals surface area contributed by atoms with Crippen LogP contribution in [0.25, 0.3) is 0 Å². The van der Waals surface area contributed by atoms with Gasteiger partial charge >= 0.3 is 13.5 Å². The Bertz CT molecular complexity index is 683. The lowest BCUT2D eigenvalue weighted by Gasteiger charge is -2.24. The van der Waals surface area contributed by atoms with E-state index in [4.69, 9.17) is 14.5 Å². The number of aromatic nitrogens is 2. The van der Waals surface area contributed by atoms with Gasteiger partial charge in [0.25, 0.3) is 5.56 Å². The molecule has 118 valence electrons. The normalized spacial score (nSPS) is 29.7. The number of aromatic amines is 1.